The fourth-order valence-electron chi connectivity index (χ4n) is 1.95. The van der Waals surface area contributed by atoms with Gasteiger partial charge in [0.2, 0.25) is 11.7 Å². The SMILES string of the molecule is Cc1cccc(NCc2nc(-c3cccs3)no2)c1C. The van der Waals surface area contributed by atoms with Crippen LogP contribution in [0.4, 0.5) is 5.69 Å². The molecule has 0 fully saturated rings. The van der Waals surface area contributed by atoms with Crippen molar-refractivity contribution < 1.29 is 4.52 Å². The Morgan fingerprint density at radius 1 is 1.20 bits per heavy atom. The van der Waals surface area contributed by atoms with Gasteiger partial charge in [0.05, 0.1) is 11.4 Å². The predicted molar refractivity (Wildman–Crippen MR) is 80.9 cm³/mol. The van der Waals surface area contributed by atoms with Crippen LogP contribution >= 0.6 is 11.3 Å². The summed E-state index contributed by atoms with van der Waals surface area (Å²) in [4.78, 5) is 5.41. The van der Waals surface area contributed by atoms with E-state index < -0.39 is 0 Å². The van der Waals surface area contributed by atoms with Gasteiger partial charge >= 0.3 is 0 Å². The Morgan fingerprint density at radius 3 is 2.90 bits per heavy atom. The van der Waals surface area contributed by atoms with Gasteiger partial charge < -0.3 is 9.84 Å². The van der Waals surface area contributed by atoms with Crippen LogP contribution < -0.4 is 5.32 Å². The predicted octanol–water partition coefficient (Wildman–Crippen LogP) is 4.03. The lowest BCUT2D eigenvalue weighted by molar-refractivity contribution is 0.384. The molecule has 102 valence electrons. The van der Waals surface area contributed by atoms with Crippen molar-refractivity contribution in [2.75, 3.05) is 5.32 Å². The first-order valence-corrected chi connectivity index (χ1v) is 7.28. The second-order valence-electron chi connectivity index (χ2n) is 4.59. The number of hydrogen-bond donors (Lipinski definition) is 1. The first kappa shape index (κ1) is 12.9. The molecular weight excluding hydrogens is 270 g/mol. The topological polar surface area (TPSA) is 51.0 Å². The summed E-state index contributed by atoms with van der Waals surface area (Å²) in [6.07, 6.45) is 0. The van der Waals surface area contributed by atoms with Gasteiger partial charge in [-0.25, -0.2) is 0 Å². The standard InChI is InChI=1S/C15H15N3OS/c1-10-5-3-6-12(11(10)2)16-9-14-17-15(18-19-14)13-7-4-8-20-13/h3-8,16H,9H2,1-2H3. The van der Waals surface area contributed by atoms with Gasteiger partial charge in [0.1, 0.15) is 0 Å². The highest BCUT2D eigenvalue weighted by atomic mass is 32.1. The summed E-state index contributed by atoms with van der Waals surface area (Å²) < 4.78 is 5.26. The van der Waals surface area contributed by atoms with Crippen molar-refractivity contribution >= 4 is 17.0 Å². The molecule has 0 aliphatic carbocycles. The van der Waals surface area contributed by atoms with Crippen molar-refractivity contribution in [1.82, 2.24) is 10.1 Å². The molecule has 3 rings (SSSR count). The van der Waals surface area contributed by atoms with Crippen molar-refractivity contribution in [2.45, 2.75) is 20.4 Å². The minimum Gasteiger partial charge on any atom is -0.376 e. The minimum atomic E-state index is 0.530. The highest BCUT2D eigenvalue weighted by Gasteiger charge is 2.09. The third-order valence-corrected chi connectivity index (χ3v) is 4.11. The van der Waals surface area contributed by atoms with Crippen LogP contribution in [-0.2, 0) is 6.54 Å². The Balaban J connectivity index is 1.71. The zero-order valence-electron chi connectivity index (χ0n) is 11.4. The second kappa shape index (κ2) is 5.46. The summed E-state index contributed by atoms with van der Waals surface area (Å²) in [5.41, 5.74) is 3.60. The maximum absolute atomic E-state index is 5.26. The number of aromatic nitrogens is 2. The fourth-order valence-corrected chi connectivity index (χ4v) is 2.60. The van der Waals surface area contributed by atoms with Crippen molar-refractivity contribution in [3.63, 3.8) is 0 Å². The minimum absolute atomic E-state index is 0.530. The van der Waals surface area contributed by atoms with Gasteiger partial charge in [0.15, 0.2) is 0 Å². The quantitative estimate of drug-likeness (QED) is 0.786. The molecule has 0 aliphatic heterocycles. The van der Waals surface area contributed by atoms with Gasteiger partial charge in [-0.1, -0.05) is 23.4 Å². The van der Waals surface area contributed by atoms with Crippen LogP contribution in [0.1, 0.15) is 17.0 Å². The van der Waals surface area contributed by atoms with E-state index in [2.05, 4.69) is 41.4 Å². The third kappa shape index (κ3) is 2.58. The van der Waals surface area contributed by atoms with Gasteiger partial charge in [-0.2, -0.15) is 4.98 Å². The van der Waals surface area contributed by atoms with E-state index in [9.17, 15) is 0 Å². The monoisotopic (exact) mass is 285 g/mol. The number of thiophene rings is 1. The second-order valence-corrected chi connectivity index (χ2v) is 5.54. The Hall–Kier alpha value is -2.14. The average molecular weight is 285 g/mol. The van der Waals surface area contributed by atoms with Crippen LogP contribution in [0.3, 0.4) is 0 Å². The van der Waals surface area contributed by atoms with Crippen molar-refractivity contribution in [1.29, 1.82) is 0 Å². The molecule has 2 heterocycles. The molecule has 3 aromatic rings. The van der Waals surface area contributed by atoms with Crippen LogP contribution in [-0.4, -0.2) is 10.1 Å². The third-order valence-electron chi connectivity index (χ3n) is 3.24. The van der Waals surface area contributed by atoms with E-state index in [1.807, 2.05) is 23.6 Å². The van der Waals surface area contributed by atoms with E-state index in [0.29, 0.717) is 18.3 Å². The van der Waals surface area contributed by atoms with Gasteiger partial charge in [-0.05, 0) is 42.5 Å². The van der Waals surface area contributed by atoms with Gasteiger partial charge in [-0.3, -0.25) is 0 Å². The molecule has 0 radical (unpaired) electrons. The van der Waals surface area contributed by atoms with Crippen molar-refractivity contribution in [3.05, 3.63) is 52.7 Å². The maximum Gasteiger partial charge on any atom is 0.246 e. The van der Waals surface area contributed by atoms with Gasteiger partial charge in [0, 0.05) is 5.69 Å². The first-order chi connectivity index (χ1) is 9.74. The maximum atomic E-state index is 5.26. The smallest absolute Gasteiger partial charge is 0.246 e. The summed E-state index contributed by atoms with van der Waals surface area (Å²) in [5, 5.41) is 9.33. The molecule has 0 amide bonds. The summed E-state index contributed by atoms with van der Waals surface area (Å²) in [6.45, 7) is 4.73. The molecule has 20 heavy (non-hydrogen) atoms. The Labute approximate surface area is 121 Å². The van der Waals surface area contributed by atoms with E-state index in [4.69, 9.17) is 4.52 Å². The lowest BCUT2D eigenvalue weighted by atomic mass is 10.1. The van der Waals surface area contributed by atoms with Crippen LogP contribution in [0.2, 0.25) is 0 Å². The molecule has 1 N–H and O–H groups in total. The van der Waals surface area contributed by atoms with Crippen LogP contribution in [0.15, 0.2) is 40.2 Å². The number of aryl methyl sites for hydroxylation is 1. The summed E-state index contributed by atoms with van der Waals surface area (Å²) in [6, 6.07) is 10.2. The van der Waals surface area contributed by atoms with E-state index >= 15 is 0 Å². The Kier molecular flexibility index (Phi) is 3.52. The number of anilines is 1. The van der Waals surface area contributed by atoms with E-state index in [-0.39, 0.29) is 0 Å². The highest BCUT2D eigenvalue weighted by Crippen LogP contribution is 2.22. The molecule has 4 nitrogen and oxygen atoms in total. The van der Waals surface area contributed by atoms with Crippen molar-refractivity contribution in [3.8, 4) is 10.7 Å². The Morgan fingerprint density at radius 2 is 2.10 bits per heavy atom. The summed E-state index contributed by atoms with van der Waals surface area (Å²) in [5.74, 6) is 1.24. The molecule has 0 spiro atoms. The molecule has 0 unspecified atom stereocenters. The lowest BCUT2D eigenvalue weighted by Gasteiger charge is -2.09. The average Bonchev–Trinajstić information content (AvgIpc) is 3.10. The Bertz CT molecular complexity index is 704. The number of hydrogen-bond acceptors (Lipinski definition) is 5. The number of nitrogens with one attached hydrogen (secondary N) is 1. The lowest BCUT2D eigenvalue weighted by Crippen LogP contribution is -2.02. The normalized spacial score (nSPS) is 10.7. The van der Waals surface area contributed by atoms with E-state index in [0.717, 1.165) is 10.6 Å². The molecule has 2 aromatic heterocycles. The summed E-state index contributed by atoms with van der Waals surface area (Å²) >= 11 is 1.60. The van der Waals surface area contributed by atoms with Crippen LogP contribution in [0, 0.1) is 13.8 Å². The zero-order valence-corrected chi connectivity index (χ0v) is 12.2. The molecule has 0 bridgehead atoms. The van der Waals surface area contributed by atoms with Crippen molar-refractivity contribution in [2.24, 2.45) is 0 Å². The van der Waals surface area contributed by atoms with Gasteiger partial charge in [-0.15, -0.1) is 11.3 Å². The van der Waals surface area contributed by atoms with Crippen LogP contribution in [0.5, 0.6) is 0 Å². The molecule has 0 saturated heterocycles. The first-order valence-electron chi connectivity index (χ1n) is 6.40. The van der Waals surface area contributed by atoms with E-state index in [1.165, 1.54) is 11.1 Å². The van der Waals surface area contributed by atoms with Gasteiger partial charge in [0.25, 0.3) is 0 Å². The largest absolute Gasteiger partial charge is 0.376 e. The summed E-state index contributed by atoms with van der Waals surface area (Å²) in [7, 11) is 0. The molecule has 0 saturated carbocycles. The highest BCUT2D eigenvalue weighted by molar-refractivity contribution is 7.13. The molecule has 5 heteroatoms. The zero-order chi connectivity index (χ0) is 13.9. The number of rotatable bonds is 4. The number of benzene rings is 1. The molecule has 0 atom stereocenters. The fraction of sp³-hybridized carbons (Fsp3) is 0.200. The number of nitrogens with zero attached hydrogens (tertiary/aromatic N) is 2. The molecular formula is C15H15N3OS. The molecule has 1 aromatic carbocycles. The molecule has 0 aliphatic rings. The van der Waals surface area contributed by atoms with Crippen LogP contribution in [0.25, 0.3) is 10.7 Å². The van der Waals surface area contributed by atoms with E-state index in [1.54, 1.807) is 11.3 Å².